The fourth-order valence-corrected chi connectivity index (χ4v) is 8.91. The lowest BCUT2D eigenvalue weighted by atomic mass is 9.84. The van der Waals surface area contributed by atoms with Crippen LogP contribution in [0.5, 0.6) is 0 Å². The van der Waals surface area contributed by atoms with Gasteiger partial charge in [0.2, 0.25) is 10.0 Å². The van der Waals surface area contributed by atoms with E-state index in [1.54, 1.807) is 4.31 Å². The van der Waals surface area contributed by atoms with Crippen LogP contribution in [0.1, 0.15) is 72.2 Å². The third kappa shape index (κ3) is 5.99. The fourth-order valence-electron chi connectivity index (χ4n) is 7.09. The summed E-state index contributed by atoms with van der Waals surface area (Å²) < 4.78 is 25.9. The molecule has 0 aromatic carbocycles. The summed E-state index contributed by atoms with van der Waals surface area (Å²) in [5.74, 6) is 0.501. The Morgan fingerprint density at radius 2 is 1.70 bits per heavy atom. The molecule has 0 unspecified atom stereocenters. The van der Waals surface area contributed by atoms with Crippen molar-refractivity contribution in [1.82, 2.24) is 29.0 Å². The number of carbonyl (C=O) groups excluding carboxylic acids is 1. The third-order valence-corrected chi connectivity index (χ3v) is 11.9. The number of nitrogens with zero attached hydrogens (tertiary/aromatic N) is 6. The molecule has 0 N–H and O–H groups in total. The van der Waals surface area contributed by atoms with Crippen LogP contribution < -0.4 is 0 Å². The molecule has 2 aromatic heterocycles. The maximum Gasteiger partial charge on any atom is 0.257 e. The normalized spacial score (nSPS) is 24.7. The number of hydrogen-bond donors (Lipinski definition) is 0. The number of aromatic nitrogens is 2. The van der Waals surface area contributed by atoms with Crippen LogP contribution >= 0.6 is 11.3 Å². The molecule has 2 atom stereocenters. The lowest BCUT2D eigenvalue weighted by molar-refractivity contribution is -0.0415. The first-order valence-corrected chi connectivity index (χ1v) is 17.3. The van der Waals surface area contributed by atoms with Crippen LogP contribution in [-0.2, 0) is 10.0 Å². The van der Waals surface area contributed by atoms with Crippen LogP contribution in [0.25, 0.3) is 0 Å². The Kier molecular flexibility index (Phi) is 8.69. The molecular weight excluding hydrogens is 544 g/mol. The molecule has 40 heavy (non-hydrogen) atoms. The predicted molar refractivity (Wildman–Crippen MR) is 159 cm³/mol. The van der Waals surface area contributed by atoms with E-state index in [2.05, 4.69) is 51.1 Å². The van der Waals surface area contributed by atoms with Crippen molar-refractivity contribution in [1.29, 1.82) is 0 Å². The smallest absolute Gasteiger partial charge is 0.257 e. The van der Waals surface area contributed by atoms with Gasteiger partial charge in [0.15, 0.2) is 0 Å². The lowest BCUT2D eigenvalue weighted by Gasteiger charge is -2.53. The maximum absolute atomic E-state index is 13.3. The molecule has 3 saturated heterocycles. The molecule has 220 valence electrons. The number of aryl methyl sites for hydroxylation is 2. The average Bonchev–Trinajstić information content (AvgIpc) is 3.44. The van der Waals surface area contributed by atoms with Crippen molar-refractivity contribution < 1.29 is 13.2 Å². The molecule has 3 fully saturated rings. The largest absolute Gasteiger partial charge is 0.338 e. The molecule has 0 radical (unpaired) electrons. The van der Waals surface area contributed by atoms with E-state index in [4.69, 9.17) is 0 Å². The number of thiophene rings is 1. The third-order valence-electron chi connectivity index (χ3n) is 9.62. The summed E-state index contributed by atoms with van der Waals surface area (Å²) in [6.07, 6.45) is 6.55. The number of amides is 1. The Morgan fingerprint density at radius 3 is 2.25 bits per heavy atom. The fraction of sp³-hybridized carbons (Fsp3) is 0.690. The van der Waals surface area contributed by atoms with Crippen molar-refractivity contribution in [2.24, 2.45) is 5.92 Å². The van der Waals surface area contributed by atoms with Gasteiger partial charge in [-0.15, -0.1) is 11.3 Å². The molecule has 2 aromatic rings. The standard InChI is InChI=1S/C29H44N6O3S2/c1-21-19-33(29(4)10-14-32(15-11-29)28(36)26-22(2)30-20-31-23(26)3)16-17-35(21)27(25-7-6-18-39-25)24-8-12-34(13-9-24)40(5,37)38/h6-7,18,20-21,24,27H,8-17,19H2,1-5H3/t21-,27+/m0/s1. The molecule has 0 spiro atoms. The van der Waals surface area contributed by atoms with E-state index < -0.39 is 10.0 Å². The van der Waals surface area contributed by atoms with Gasteiger partial charge in [-0.25, -0.2) is 22.7 Å². The Bertz CT molecular complexity index is 1260. The summed E-state index contributed by atoms with van der Waals surface area (Å²) in [5, 5.41) is 2.16. The number of piperidine rings is 2. The van der Waals surface area contributed by atoms with E-state index in [9.17, 15) is 13.2 Å². The second-order valence-corrected chi connectivity index (χ2v) is 15.2. The molecule has 5 heterocycles. The summed E-state index contributed by atoms with van der Waals surface area (Å²) in [7, 11) is -3.14. The van der Waals surface area contributed by atoms with E-state index >= 15 is 0 Å². The maximum atomic E-state index is 13.3. The zero-order valence-corrected chi connectivity index (χ0v) is 26.2. The Morgan fingerprint density at radius 1 is 1.05 bits per heavy atom. The van der Waals surface area contributed by atoms with Crippen LogP contribution in [0, 0.1) is 19.8 Å². The van der Waals surface area contributed by atoms with Gasteiger partial charge in [0.1, 0.15) is 6.33 Å². The molecule has 0 saturated carbocycles. The molecule has 3 aliphatic heterocycles. The Balaban J connectivity index is 1.23. The number of carbonyl (C=O) groups is 1. The van der Waals surface area contributed by atoms with Gasteiger partial charge in [-0.3, -0.25) is 14.6 Å². The van der Waals surface area contributed by atoms with E-state index in [0.29, 0.717) is 36.7 Å². The number of rotatable bonds is 6. The average molecular weight is 589 g/mol. The van der Waals surface area contributed by atoms with Gasteiger partial charge in [-0.1, -0.05) is 6.07 Å². The van der Waals surface area contributed by atoms with Gasteiger partial charge in [-0.05, 0) is 70.7 Å². The van der Waals surface area contributed by atoms with Crippen molar-refractivity contribution in [2.75, 3.05) is 52.1 Å². The highest BCUT2D eigenvalue weighted by atomic mass is 32.2. The van der Waals surface area contributed by atoms with E-state index in [1.807, 2.05) is 30.1 Å². The van der Waals surface area contributed by atoms with Crippen LogP contribution in [-0.4, -0.2) is 107 Å². The molecule has 11 heteroatoms. The summed E-state index contributed by atoms with van der Waals surface area (Å²) in [6, 6.07) is 5.11. The zero-order chi connectivity index (χ0) is 28.7. The molecule has 0 aliphatic carbocycles. The summed E-state index contributed by atoms with van der Waals surface area (Å²) in [6.45, 7) is 14.2. The zero-order valence-electron chi connectivity index (χ0n) is 24.5. The van der Waals surface area contributed by atoms with Crippen molar-refractivity contribution >= 4 is 27.3 Å². The number of sulfonamides is 1. The molecule has 1 amide bonds. The second kappa shape index (κ2) is 11.8. The number of likely N-dealkylation sites (tertiary alicyclic amines) is 1. The minimum atomic E-state index is -3.14. The minimum absolute atomic E-state index is 0.0524. The number of hydrogen-bond acceptors (Lipinski definition) is 8. The van der Waals surface area contributed by atoms with E-state index in [1.165, 1.54) is 17.5 Å². The first-order valence-electron chi connectivity index (χ1n) is 14.5. The van der Waals surface area contributed by atoms with Gasteiger partial charge in [0, 0.05) is 68.3 Å². The minimum Gasteiger partial charge on any atom is -0.338 e. The van der Waals surface area contributed by atoms with E-state index in [-0.39, 0.29) is 11.4 Å². The van der Waals surface area contributed by atoms with Crippen molar-refractivity contribution in [3.05, 3.63) is 45.7 Å². The number of piperazine rings is 1. The monoisotopic (exact) mass is 588 g/mol. The summed E-state index contributed by atoms with van der Waals surface area (Å²) in [5.41, 5.74) is 2.21. The first kappa shape index (κ1) is 29.6. The van der Waals surface area contributed by atoms with Gasteiger partial charge in [0.05, 0.1) is 23.2 Å². The topological polar surface area (TPSA) is 90.0 Å². The highest BCUT2D eigenvalue weighted by Crippen LogP contribution is 2.41. The Hall–Kier alpha value is -1.92. The second-order valence-electron chi connectivity index (χ2n) is 12.2. The van der Waals surface area contributed by atoms with Gasteiger partial charge in [0.25, 0.3) is 5.91 Å². The highest BCUT2D eigenvalue weighted by molar-refractivity contribution is 7.88. The van der Waals surface area contributed by atoms with Gasteiger partial charge in [-0.2, -0.15) is 0 Å². The van der Waals surface area contributed by atoms with Crippen LogP contribution in [0.15, 0.2) is 23.8 Å². The van der Waals surface area contributed by atoms with Crippen molar-refractivity contribution in [2.45, 2.75) is 71.0 Å². The summed E-state index contributed by atoms with van der Waals surface area (Å²) >= 11 is 1.82. The van der Waals surface area contributed by atoms with Crippen LogP contribution in [0.4, 0.5) is 0 Å². The lowest BCUT2D eigenvalue weighted by Crippen LogP contribution is -2.62. The van der Waals surface area contributed by atoms with Gasteiger partial charge >= 0.3 is 0 Å². The highest BCUT2D eigenvalue weighted by Gasteiger charge is 2.43. The quantitative estimate of drug-likeness (QED) is 0.510. The van der Waals surface area contributed by atoms with E-state index in [0.717, 1.165) is 69.8 Å². The first-order chi connectivity index (χ1) is 19.0. The van der Waals surface area contributed by atoms with Crippen LogP contribution in [0.3, 0.4) is 0 Å². The SMILES string of the molecule is Cc1ncnc(C)c1C(=O)N1CCC(C)(N2CCN([C@@H](c3cccs3)C3CCN(S(C)(=O)=O)CC3)[C@@H](C)C2)CC1. The van der Waals surface area contributed by atoms with Crippen molar-refractivity contribution in [3.8, 4) is 0 Å². The molecule has 3 aliphatic rings. The van der Waals surface area contributed by atoms with Crippen LogP contribution in [0.2, 0.25) is 0 Å². The molecular formula is C29H44N6O3S2. The van der Waals surface area contributed by atoms with Gasteiger partial charge < -0.3 is 4.90 Å². The molecule has 5 rings (SSSR count). The predicted octanol–water partition coefficient (Wildman–Crippen LogP) is 3.57. The Labute approximate surface area is 243 Å². The molecule has 0 bridgehead atoms. The van der Waals surface area contributed by atoms with Crippen molar-refractivity contribution in [3.63, 3.8) is 0 Å². The summed E-state index contributed by atoms with van der Waals surface area (Å²) in [4.78, 5) is 30.6. The molecule has 9 nitrogen and oxygen atoms in total.